The van der Waals surface area contributed by atoms with E-state index < -0.39 is 11.9 Å². The first kappa shape index (κ1) is 15.0. The molecule has 1 amide bonds. The quantitative estimate of drug-likeness (QED) is 0.899. The number of hydrogen-bond donors (Lipinski definition) is 2. The van der Waals surface area contributed by atoms with Gasteiger partial charge in [-0.1, -0.05) is 6.92 Å². The Morgan fingerprint density at radius 1 is 1.17 bits per heavy atom. The highest BCUT2D eigenvalue weighted by Gasteiger charge is 2.20. The lowest BCUT2D eigenvalue weighted by atomic mass is 10.2. The van der Waals surface area contributed by atoms with E-state index in [-0.39, 0.29) is 17.1 Å². The van der Waals surface area contributed by atoms with E-state index in [0.717, 1.165) is 0 Å². The van der Waals surface area contributed by atoms with Gasteiger partial charge in [0.2, 0.25) is 0 Å². The maximum atomic E-state index is 12.2. The molecule has 1 aliphatic heterocycles. The highest BCUT2D eigenvalue weighted by Crippen LogP contribution is 2.32. The van der Waals surface area contributed by atoms with Crippen molar-refractivity contribution >= 4 is 17.6 Å². The Morgan fingerprint density at radius 3 is 2.57 bits per heavy atom. The Balaban J connectivity index is 1.80. The van der Waals surface area contributed by atoms with Crippen molar-refractivity contribution in [2.24, 2.45) is 0 Å². The van der Waals surface area contributed by atoms with Gasteiger partial charge in [-0.25, -0.2) is 4.79 Å². The van der Waals surface area contributed by atoms with Crippen LogP contribution in [0.3, 0.4) is 0 Å². The van der Waals surface area contributed by atoms with Crippen molar-refractivity contribution in [3.8, 4) is 11.5 Å². The third-order valence-corrected chi connectivity index (χ3v) is 3.38. The van der Waals surface area contributed by atoms with Crippen LogP contribution < -0.4 is 14.8 Å². The van der Waals surface area contributed by atoms with E-state index in [1.165, 1.54) is 6.07 Å². The number of anilines is 1. The Hall–Kier alpha value is -2.96. The number of furan rings is 1. The Morgan fingerprint density at radius 2 is 1.91 bits per heavy atom. The number of aromatic carboxylic acids is 1. The molecule has 0 unspecified atom stereocenters. The number of ether oxygens (including phenoxy) is 2. The molecule has 0 saturated heterocycles. The molecule has 0 bridgehead atoms. The molecule has 2 N–H and O–H groups in total. The van der Waals surface area contributed by atoms with Crippen LogP contribution in [-0.2, 0) is 6.42 Å². The molecule has 120 valence electrons. The van der Waals surface area contributed by atoms with Gasteiger partial charge < -0.3 is 24.3 Å². The van der Waals surface area contributed by atoms with E-state index in [2.05, 4.69) is 5.32 Å². The number of fused-ring (bicyclic) bond motifs is 1. The fourth-order valence-electron chi connectivity index (χ4n) is 2.30. The summed E-state index contributed by atoms with van der Waals surface area (Å²) in [5.74, 6) is -0.255. The minimum Gasteiger partial charge on any atom is -0.486 e. The molecule has 2 heterocycles. The first-order chi connectivity index (χ1) is 11.1. The molecule has 0 atom stereocenters. The van der Waals surface area contributed by atoms with Crippen LogP contribution in [0.5, 0.6) is 11.5 Å². The second-order valence-electron chi connectivity index (χ2n) is 4.92. The van der Waals surface area contributed by atoms with Crippen LogP contribution in [-0.4, -0.2) is 30.2 Å². The predicted molar refractivity (Wildman–Crippen MR) is 80.4 cm³/mol. The van der Waals surface area contributed by atoms with E-state index in [1.54, 1.807) is 25.1 Å². The molecule has 1 aromatic carbocycles. The Kier molecular flexibility index (Phi) is 3.92. The topological polar surface area (TPSA) is 98.0 Å². The molecule has 2 aromatic rings. The molecule has 0 spiro atoms. The molecule has 1 aliphatic rings. The predicted octanol–water partition coefficient (Wildman–Crippen LogP) is 2.56. The molecular weight excluding hydrogens is 302 g/mol. The average Bonchev–Trinajstić information content (AvgIpc) is 2.99. The summed E-state index contributed by atoms with van der Waals surface area (Å²) in [6.07, 6.45) is 0.388. The van der Waals surface area contributed by atoms with Crippen LogP contribution in [0.1, 0.15) is 33.6 Å². The van der Waals surface area contributed by atoms with Crippen molar-refractivity contribution in [1.82, 2.24) is 0 Å². The Bertz CT molecular complexity index is 764. The van der Waals surface area contributed by atoms with Gasteiger partial charge in [0.1, 0.15) is 24.5 Å². The van der Waals surface area contributed by atoms with E-state index in [9.17, 15) is 9.59 Å². The summed E-state index contributed by atoms with van der Waals surface area (Å²) in [6.45, 7) is 2.70. The van der Waals surface area contributed by atoms with Crippen molar-refractivity contribution in [3.63, 3.8) is 0 Å². The van der Waals surface area contributed by atoms with Crippen molar-refractivity contribution in [1.29, 1.82) is 0 Å². The van der Waals surface area contributed by atoms with E-state index >= 15 is 0 Å². The lowest BCUT2D eigenvalue weighted by molar-refractivity contribution is 0.0694. The molecule has 1 aromatic heterocycles. The average molecular weight is 317 g/mol. The number of carbonyl (C=O) groups is 2. The number of benzene rings is 1. The number of nitrogens with one attached hydrogen (secondary N) is 1. The van der Waals surface area contributed by atoms with E-state index in [0.29, 0.717) is 36.8 Å². The second-order valence-corrected chi connectivity index (χ2v) is 4.92. The minimum absolute atomic E-state index is 0.000163. The number of aryl methyl sites for hydroxylation is 1. The molecule has 3 rings (SSSR count). The molecular formula is C16H15NO6. The lowest BCUT2D eigenvalue weighted by Crippen LogP contribution is -2.16. The highest BCUT2D eigenvalue weighted by molar-refractivity contribution is 6.04. The third-order valence-electron chi connectivity index (χ3n) is 3.38. The van der Waals surface area contributed by atoms with E-state index in [1.807, 2.05) is 0 Å². The standard InChI is InChI=1S/C16H15NO6/c1-2-11-10(16(19)20)8-14(23-11)15(18)17-9-3-4-12-13(7-9)22-6-5-21-12/h3-4,7-8H,2,5-6H2,1H3,(H,17,18)(H,19,20). The van der Waals surface area contributed by atoms with Crippen LogP contribution in [0.2, 0.25) is 0 Å². The maximum Gasteiger partial charge on any atom is 0.339 e. The number of carboxylic acid groups (broad SMARTS) is 1. The summed E-state index contributed by atoms with van der Waals surface area (Å²) >= 11 is 0. The van der Waals surface area contributed by atoms with Gasteiger partial charge in [-0.2, -0.15) is 0 Å². The summed E-state index contributed by atoms with van der Waals surface area (Å²) in [5, 5.41) is 11.7. The number of amides is 1. The summed E-state index contributed by atoms with van der Waals surface area (Å²) in [4.78, 5) is 23.3. The largest absolute Gasteiger partial charge is 0.486 e. The SMILES string of the molecule is CCc1oc(C(=O)Nc2ccc3c(c2)OCCO3)cc1C(=O)O. The summed E-state index contributed by atoms with van der Waals surface area (Å²) in [7, 11) is 0. The minimum atomic E-state index is -1.12. The molecule has 0 saturated carbocycles. The highest BCUT2D eigenvalue weighted by atomic mass is 16.6. The van der Waals surface area contributed by atoms with Gasteiger partial charge in [0.25, 0.3) is 5.91 Å². The van der Waals surface area contributed by atoms with Crippen LogP contribution >= 0.6 is 0 Å². The fraction of sp³-hybridized carbons (Fsp3) is 0.250. The van der Waals surface area contributed by atoms with Crippen LogP contribution in [0.15, 0.2) is 28.7 Å². The first-order valence-electron chi connectivity index (χ1n) is 7.15. The van der Waals surface area contributed by atoms with Crippen molar-refractivity contribution in [3.05, 3.63) is 41.3 Å². The van der Waals surface area contributed by atoms with Crippen molar-refractivity contribution in [2.75, 3.05) is 18.5 Å². The van der Waals surface area contributed by atoms with Gasteiger partial charge in [0, 0.05) is 24.2 Å². The zero-order valence-corrected chi connectivity index (χ0v) is 12.4. The second kappa shape index (κ2) is 6.04. The monoisotopic (exact) mass is 317 g/mol. The van der Waals surface area contributed by atoms with Gasteiger partial charge in [-0.05, 0) is 12.1 Å². The fourth-order valence-corrected chi connectivity index (χ4v) is 2.30. The zero-order chi connectivity index (χ0) is 16.4. The third kappa shape index (κ3) is 2.98. The zero-order valence-electron chi connectivity index (χ0n) is 12.4. The lowest BCUT2D eigenvalue weighted by Gasteiger charge is -2.18. The molecule has 0 aliphatic carbocycles. The van der Waals surface area contributed by atoms with E-state index in [4.69, 9.17) is 19.0 Å². The summed E-state index contributed by atoms with van der Waals surface area (Å²) in [5.41, 5.74) is 0.505. The van der Waals surface area contributed by atoms with Gasteiger partial charge in [0.05, 0.1) is 0 Å². The van der Waals surface area contributed by atoms with Gasteiger partial charge in [-0.15, -0.1) is 0 Å². The maximum absolute atomic E-state index is 12.2. The van der Waals surface area contributed by atoms with Crippen LogP contribution in [0.25, 0.3) is 0 Å². The first-order valence-corrected chi connectivity index (χ1v) is 7.15. The normalized spacial score (nSPS) is 12.7. The molecule has 7 heteroatoms. The number of carboxylic acids is 1. The Labute approximate surface area is 131 Å². The smallest absolute Gasteiger partial charge is 0.339 e. The van der Waals surface area contributed by atoms with Crippen molar-refractivity contribution in [2.45, 2.75) is 13.3 Å². The molecule has 23 heavy (non-hydrogen) atoms. The van der Waals surface area contributed by atoms with Crippen LogP contribution in [0.4, 0.5) is 5.69 Å². The number of carbonyl (C=O) groups excluding carboxylic acids is 1. The number of rotatable bonds is 4. The van der Waals surface area contributed by atoms with Gasteiger partial charge >= 0.3 is 5.97 Å². The van der Waals surface area contributed by atoms with Crippen LogP contribution in [0, 0.1) is 0 Å². The molecule has 0 radical (unpaired) electrons. The molecule has 7 nitrogen and oxygen atoms in total. The summed E-state index contributed by atoms with van der Waals surface area (Å²) < 4.78 is 16.2. The number of hydrogen-bond acceptors (Lipinski definition) is 5. The molecule has 0 fully saturated rings. The summed E-state index contributed by atoms with van der Waals surface area (Å²) in [6, 6.07) is 6.25. The van der Waals surface area contributed by atoms with Gasteiger partial charge in [-0.3, -0.25) is 4.79 Å². The van der Waals surface area contributed by atoms with Crippen molar-refractivity contribution < 1.29 is 28.6 Å². The van der Waals surface area contributed by atoms with Gasteiger partial charge in [0.15, 0.2) is 17.3 Å².